The van der Waals surface area contributed by atoms with Crippen LogP contribution in [0.5, 0.6) is 0 Å². The number of hydrogen-bond acceptors (Lipinski definition) is 5. The predicted octanol–water partition coefficient (Wildman–Crippen LogP) is 5.67. The van der Waals surface area contributed by atoms with Gasteiger partial charge in [0.2, 0.25) is 0 Å². The summed E-state index contributed by atoms with van der Waals surface area (Å²) in [6.07, 6.45) is 6.55. The highest BCUT2D eigenvalue weighted by Crippen LogP contribution is 2.23. The minimum absolute atomic E-state index is 0.0444. The molecule has 4 aromatic rings. The Morgan fingerprint density at radius 3 is 2.52 bits per heavy atom. The third kappa shape index (κ3) is 6.74. The number of carbonyl (C=O) groups is 2. The molecule has 1 aliphatic heterocycles. The van der Waals surface area contributed by atoms with Gasteiger partial charge in [-0.05, 0) is 86.2 Å². The molecule has 8 heteroatoms. The summed E-state index contributed by atoms with van der Waals surface area (Å²) >= 11 is 0. The first-order valence-electron chi connectivity index (χ1n) is 14.1. The molecule has 8 nitrogen and oxygen atoms in total. The molecular weight excluding hydrogens is 500 g/mol. The number of likely N-dealkylation sites (tertiary alicyclic amines) is 1. The fraction of sp³-hybridized carbons (Fsp3) is 0.375. The van der Waals surface area contributed by atoms with E-state index in [1.807, 2.05) is 66.4 Å². The van der Waals surface area contributed by atoms with Crippen molar-refractivity contribution >= 4 is 28.4 Å². The van der Waals surface area contributed by atoms with Gasteiger partial charge in [-0.15, -0.1) is 0 Å². The zero-order valence-electron chi connectivity index (χ0n) is 23.6. The largest absolute Gasteiger partial charge is 0.330 e. The summed E-state index contributed by atoms with van der Waals surface area (Å²) in [4.78, 5) is 35.5. The van der Waals surface area contributed by atoms with Crippen LogP contribution in [-0.4, -0.2) is 62.5 Å². The topological polar surface area (TPSA) is 94.2 Å². The smallest absolute Gasteiger partial charge is 0.272 e. The van der Waals surface area contributed by atoms with E-state index in [1.165, 1.54) is 6.42 Å². The third-order valence-electron chi connectivity index (χ3n) is 7.68. The average Bonchev–Trinajstić information content (AvgIpc) is 3.43. The van der Waals surface area contributed by atoms with Gasteiger partial charge in [-0.3, -0.25) is 19.7 Å². The molecule has 0 saturated carbocycles. The number of piperidine rings is 1. The molecule has 1 fully saturated rings. The number of hydrogen-bond donors (Lipinski definition) is 2. The molecule has 2 N–H and O–H groups in total. The van der Waals surface area contributed by atoms with Crippen molar-refractivity contribution in [3.8, 4) is 0 Å². The molecule has 2 amide bonds. The quantitative estimate of drug-likeness (QED) is 0.286. The maximum absolute atomic E-state index is 13.7. The molecule has 0 unspecified atom stereocenters. The van der Waals surface area contributed by atoms with E-state index in [9.17, 15) is 9.59 Å². The third-order valence-corrected chi connectivity index (χ3v) is 7.68. The molecular formula is C32H38N6O2. The number of pyridine rings is 1. The highest BCUT2D eigenvalue weighted by Gasteiger charge is 2.29. The maximum Gasteiger partial charge on any atom is 0.272 e. The maximum atomic E-state index is 13.7. The van der Waals surface area contributed by atoms with Gasteiger partial charge in [-0.1, -0.05) is 32.0 Å². The van der Waals surface area contributed by atoms with Crippen LogP contribution in [0.4, 0.5) is 5.69 Å². The second kappa shape index (κ2) is 12.4. The van der Waals surface area contributed by atoms with E-state index in [4.69, 9.17) is 0 Å². The van der Waals surface area contributed by atoms with Crippen molar-refractivity contribution < 1.29 is 9.59 Å². The van der Waals surface area contributed by atoms with Crippen LogP contribution in [0.1, 0.15) is 65.1 Å². The Morgan fingerprint density at radius 1 is 1.05 bits per heavy atom. The molecule has 40 heavy (non-hydrogen) atoms. The zero-order valence-corrected chi connectivity index (χ0v) is 23.6. The summed E-state index contributed by atoms with van der Waals surface area (Å²) in [5.74, 6) is 0.464. The number of nitrogens with one attached hydrogen (secondary N) is 2. The second-order valence-electron chi connectivity index (χ2n) is 11.2. The number of amides is 2. The number of carbonyl (C=O) groups excluding carboxylic acids is 2. The van der Waals surface area contributed by atoms with Gasteiger partial charge in [0, 0.05) is 48.5 Å². The van der Waals surface area contributed by atoms with Gasteiger partial charge in [0.15, 0.2) is 0 Å². The number of nitrogens with zero attached hydrogens (tertiary/aromatic N) is 4. The van der Waals surface area contributed by atoms with Crippen molar-refractivity contribution in [1.29, 1.82) is 0 Å². The van der Waals surface area contributed by atoms with Crippen LogP contribution in [0.15, 0.2) is 67.0 Å². The fourth-order valence-corrected chi connectivity index (χ4v) is 5.19. The molecule has 208 valence electrons. The van der Waals surface area contributed by atoms with Gasteiger partial charge in [0.25, 0.3) is 11.8 Å². The van der Waals surface area contributed by atoms with Crippen LogP contribution < -0.4 is 5.32 Å². The number of aryl methyl sites for hydroxylation is 1. The zero-order chi connectivity index (χ0) is 28.1. The van der Waals surface area contributed by atoms with Gasteiger partial charge >= 0.3 is 0 Å². The van der Waals surface area contributed by atoms with Crippen LogP contribution in [0.2, 0.25) is 0 Å². The molecule has 5 rings (SSSR count). The summed E-state index contributed by atoms with van der Waals surface area (Å²) in [6.45, 7) is 10.1. The minimum Gasteiger partial charge on any atom is -0.330 e. The molecule has 2 aromatic heterocycles. The first-order valence-corrected chi connectivity index (χ1v) is 14.1. The molecule has 1 saturated heterocycles. The van der Waals surface area contributed by atoms with E-state index in [0.29, 0.717) is 29.4 Å². The van der Waals surface area contributed by atoms with Crippen LogP contribution in [-0.2, 0) is 6.54 Å². The molecule has 0 bridgehead atoms. The lowest BCUT2D eigenvalue weighted by Gasteiger charge is -2.38. The lowest BCUT2D eigenvalue weighted by Crippen LogP contribution is -2.47. The van der Waals surface area contributed by atoms with Gasteiger partial charge in [-0.2, -0.15) is 5.10 Å². The Kier molecular flexibility index (Phi) is 8.55. The minimum atomic E-state index is -0.181. The standard InChI is InChI=1S/C32H38N6O2/c1-22(2)12-15-37-16-13-28(14-17-37)38(32(40)30-10-4-23(3)19-33-30)21-24-5-7-25(8-6-24)31(39)35-27-9-11-29-26(18-27)20-34-36-29/h4-11,18-20,22,28H,12-17,21H2,1-3H3,(H,34,36)(H,35,39). The van der Waals surface area contributed by atoms with Crippen molar-refractivity contribution in [3.05, 3.63) is 89.4 Å². The van der Waals surface area contributed by atoms with Crippen molar-refractivity contribution in [2.75, 3.05) is 25.0 Å². The van der Waals surface area contributed by atoms with E-state index in [2.05, 4.69) is 39.2 Å². The number of aromatic amines is 1. The van der Waals surface area contributed by atoms with Gasteiger partial charge in [0.1, 0.15) is 5.69 Å². The number of anilines is 1. The summed E-state index contributed by atoms with van der Waals surface area (Å²) in [5.41, 5.74) is 4.68. The molecule has 0 atom stereocenters. The van der Waals surface area contributed by atoms with Gasteiger partial charge in [0.05, 0.1) is 11.7 Å². The first-order chi connectivity index (χ1) is 19.4. The molecule has 2 aromatic carbocycles. The molecule has 3 heterocycles. The van der Waals surface area contributed by atoms with Crippen LogP contribution in [0, 0.1) is 12.8 Å². The second-order valence-corrected chi connectivity index (χ2v) is 11.2. The van der Waals surface area contributed by atoms with Crippen molar-refractivity contribution in [3.63, 3.8) is 0 Å². The Hall–Kier alpha value is -4.04. The van der Waals surface area contributed by atoms with E-state index in [1.54, 1.807) is 12.4 Å². The normalized spacial score (nSPS) is 14.5. The summed E-state index contributed by atoms with van der Waals surface area (Å²) in [7, 11) is 0. The number of fused-ring (bicyclic) bond motifs is 1. The monoisotopic (exact) mass is 538 g/mol. The molecule has 0 spiro atoms. The fourth-order valence-electron chi connectivity index (χ4n) is 5.19. The number of benzene rings is 2. The Balaban J connectivity index is 1.27. The highest BCUT2D eigenvalue weighted by molar-refractivity contribution is 6.05. The Labute approximate surface area is 235 Å². The molecule has 0 radical (unpaired) electrons. The number of aromatic nitrogens is 3. The van der Waals surface area contributed by atoms with Crippen LogP contribution >= 0.6 is 0 Å². The predicted molar refractivity (Wildman–Crippen MR) is 158 cm³/mol. The average molecular weight is 539 g/mol. The van der Waals surface area contributed by atoms with E-state index in [-0.39, 0.29) is 17.9 Å². The lowest BCUT2D eigenvalue weighted by molar-refractivity contribution is 0.0540. The SMILES string of the molecule is Cc1ccc(C(=O)N(Cc2ccc(C(=O)Nc3ccc4[nH]ncc4c3)cc2)C2CCN(CCC(C)C)CC2)nc1. The van der Waals surface area contributed by atoms with Gasteiger partial charge in [-0.25, -0.2) is 0 Å². The summed E-state index contributed by atoms with van der Waals surface area (Å²) < 4.78 is 0. The van der Waals surface area contributed by atoms with Crippen LogP contribution in [0.3, 0.4) is 0 Å². The summed E-state index contributed by atoms with van der Waals surface area (Å²) in [6, 6.07) is 17.1. The highest BCUT2D eigenvalue weighted by atomic mass is 16.2. The molecule has 1 aliphatic rings. The van der Waals surface area contributed by atoms with E-state index in [0.717, 1.165) is 54.5 Å². The first kappa shape index (κ1) is 27.5. The van der Waals surface area contributed by atoms with Crippen molar-refractivity contribution in [2.45, 2.75) is 52.6 Å². The Morgan fingerprint density at radius 2 is 1.82 bits per heavy atom. The van der Waals surface area contributed by atoms with Crippen molar-refractivity contribution in [1.82, 2.24) is 25.0 Å². The lowest BCUT2D eigenvalue weighted by atomic mass is 10.00. The van der Waals surface area contributed by atoms with E-state index < -0.39 is 0 Å². The Bertz CT molecular complexity index is 1440. The summed E-state index contributed by atoms with van der Waals surface area (Å²) in [5, 5.41) is 10.8. The van der Waals surface area contributed by atoms with Crippen molar-refractivity contribution in [2.24, 2.45) is 5.92 Å². The number of H-pyrrole nitrogens is 1. The van der Waals surface area contributed by atoms with Crippen LogP contribution in [0.25, 0.3) is 10.9 Å². The molecule has 0 aliphatic carbocycles. The number of rotatable bonds is 9. The van der Waals surface area contributed by atoms with Gasteiger partial charge < -0.3 is 15.1 Å². The van der Waals surface area contributed by atoms with E-state index >= 15 is 0 Å².